The molecule has 0 aliphatic carbocycles. The quantitative estimate of drug-likeness (QED) is 0.879. The number of hydrogen-bond acceptors (Lipinski definition) is 4. The van der Waals surface area contributed by atoms with Gasteiger partial charge in [-0.1, -0.05) is 6.07 Å². The molecule has 0 fully saturated rings. The number of hydrogen-bond donors (Lipinski definition) is 1. The molecule has 0 spiro atoms. The van der Waals surface area contributed by atoms with Gasteiger partial charge < -0.3 is 10.6 Å². The van der Waals surface area contributed by atoms with Crippen LogP contribution in [0, 0.1) is 20.8 Å². The van der Waals surface area contributed by atoms with Crippen LogP contribution >= 0.6 is 0 Å². The van der Waals surface area contributed by atoms with Crippen molar-refractivity contribution < 1.29 is 0 Å². The largest absolute Gasteiger partial charge is 0.368 e. The number of nitrogen functional groups attached to an aromatic ring is 1. The zero-order valence-corrected chi connectivity index (χ0v) is 11.2. The molecule has 1 aromatic carbocycles. The van der Waals surface area contributed by atoms with E-state index in [0.29, 0.717) is 5.95 Å². The number of anilines is 3. The first-order valence-electron chi connectivity index (χ1n) is 5.88. The maximum Gasteiger partial charge on any atom is 0.221 e. The molecule has 0 amide bonds. The molecular formula is C14H18N4. The van der Waals surface area contributed by atoms with Gasteiger partial charge in [0.2, 0.25) is 5.95 Å². The molecule has 4 nitrogen and oxygen atoms in total. The molecule has 0 aliphatic heterocycles. The van der Waals surface area contributed by atoms with E-state index in [1.807, 2.05) is 18.9 Å². The molecular weight excluding hydrogens is 224 g/mol. The van der Waals surface area contributed by atoms with Crippen LogP contribution in [0.25, 0.3) is 0 Å². The van der Waals surface area contributed by atoms with Crippen molar-refractivity contribution >= 4 is 17.5 Å². The Morgan fingerprint density at radius 1 is 1.06 bits per heavy atom. The van der Waals surface area contributed by atoms with Gasteiger partial charge in [-0.25, -0.2) is 4.98 Å². The fourth-order valence-electron chi connectivity index (χ4n) is 2.05. The molecule has 2 aromatic rings. The summed E-state index contributed by atoms with van der Waals surface area (Å²) in [5, 5.41) is 0. The van der Waals surface area contributed by atoms with Gasteiger partial charge >= 0.3 is 0 Å². The fourth-order valence-corrected chi connectivity index (χ4v) is 2.05. The van der Waals surface area contributed by atoms with E-state index in [1.54, 1.807) is 6.20 Å². The molecule has 2 rings (SSSR count). The van der Waals surface area contributed by atoms with Gasteiger partial charge in [-0.2, -0.15) is 4.98 Å². The number of nitrogens with zero attached hydrogens (tertiary/aromatic N) is 3. The lowest BCUT2D eigenvalue weighted by atomic mass is 10.1. The second-order valence-corrected chi connectivity index (χ2v) is 4.64. The van der Waals surface area contributed by atoms with Crippen molar-refractivity contribution in [2.75, 3.05) is 17.7 Å². The highest BCUT2D eigenvalue weighted by atomic mass is 15.2. The molecule has 4 heteroatoms. The second kappa shape index (κ2) is 4.64. The summed E-state index contributed by atoms with van der Waals surface area (Å²) in [6.45, 7) is 6.16. The van der Waals surface area contributed by atoms with Crippen molar-refractivity contribution in [3.05, 3.63) is 41.1 Å². The smallest absolute Gasteiger partial charge is 0.221 e. The first-order valence-corrected chi connectivity index (χ1v) is 5.88. The van der Waals surface area contributed by atoms with Crippen LogP contribution in [0.4, 0.5) is 17.5 Å². The van der Waals surface area contributed by atoms with E-state index < -0.39 is 0 Å². The zero-order chi connectivity index (χ0) is 13.3. The Hall–Kier alpha value is -2.10. The number of nitrogens with two attached hydrogens (primary N) is 1. The van der Waals surface area contributed by atoms with E-state index in [0.717, 1.165) is 17.1 Å². The summed E-state index contributed by atoms with van der Waals surface area (Å²) in [7, 11) is 1.99. The zero-order valence-electron chi connectivity index (χ0n) is 11.2. The third-order valence-electron chi connectivity index (χ3n) is 2.88. The minimum absolute atomic E-state index is 0.298. The molecule has 0 saturated heterocycles. The monoisotopic (exact) mass is 242 g/mol. The van der Waals surface area contributed by atoms with Gasteiger partial charge in [-0.3, -0.25) is 0 Å². The molecule has 1 heterocycles. The Kier molecular flexibility index (Phi) is 3.19. The van der Waals surface area contributed by atoms with E-state index in [1.165, 1.54) is 11.1 Å². The highest BCUT2D eigenvalue weighted by Gasteiger charge is 2.10. The van der Waals surface area contributed by atoms with Crippen LogP contribution in [0.15, 0.2) is 24.4 Å². The van der Waals surface area contributed by atoms with Gasteiger partial charge in [0.15, 0.2) is 0 Å². The normalized spacial score (nSPS) is 10.4. The minimum atomic E-state index is 0.298. The maximum atomic E-state index is 5.65. The van der Waals surface area contributed by atoms with Crippen LogP contribution in [0.2, 0.25) is 0 Å². The summed E-state index contributed by atoms with van der Waals surface area (Å²) < 4.78 is 0. The molecule has 2 N–H and O–H groups in total. The van der Waals surface area contributed by atoms with Crippen LogP contribution in [0.3, 0.4) is 0 Å². The van der Waals surface area contributed by atoms with Crippen molar-refractivity contribution in [2.24, 2.45) is 0 Å². The van der Waals surface area contributed by atoms with Crippen LogP contribution in [-0.4, -0.2) is 17.0 Å². The lowest BCUT2D eigenvalue weighted by molar-refractivity contribution is 1.06. The number of aryl methyl sites for hydroxylation is 3. The number of rotatable bonds is 2. The Morgan fingerprint density at radius 2 is 1.67 bits per heavy atom. The summed E-state index contributed by atoms with van der Waals surface area (Å²) in [4.78, 5) is 10.3. The lowest BCUT2D eigenvalue weighted by Gasteiger charge is -2.21. The van der Waals surface area contributed by atoms with Gasteiger partial charge in [0.05, 0.1) is 0 Å². The van der Waals surface area contributed by atoms with Gasteiger partial charge in [-0.15, -0.1) is 0 Å². The molecule has 1 aromatic heterocycles. The third-order valence-corrected chi connectivity index (χ3v) is 2.88. The molecule has 94 valence electrons. The van der Waals surface area contributed by atoms with E-state index >= 15 is 0 Å². The first-order chi connectivity index (χ1) is 8.47. The van der Waals surface area contributed by atoms with E-state index in [9.17, 15) is 0 Å². The predicted molar refractivity (Wildman–Crippen MR) is 75.2 cm³/mol. The van der Waals surface area contributed by atoms with E-state index in [2.05, 4.69) is 42.0 Å². The predicted octanol–water partition coefficient (Wildman–Crippen LogP) is 2.75. The van der Waals surface area contributed by atoms with Gasteiger partial charge in [0.25, 0.3) is 0 Å². The van der Waals surface area contributed by atoms with Crippen molar-refractivity contribution in [3.63, 3.8) is 0 Å². The summed E-state index contributed by atoms with van der Waals surface area (Å²) in [5.41, 5.74) is 10.2. The highest BCUT2D eigenvalue weighted by Crippen LogP contribution is 2.26. The summed E-state index contributed by atoms with van der Waals surface area (Å²) in [5.74, 6) is 1.14. The number of benzene rings is 1. The standard InChI is InChI=1S/C14H18N4/c1-9-5-10(2)7-12(6-9)18(4)13-11(3)8-16-14(15)17-13/h5-8H,1-4H3,(H2,15,16,17). The molecule has 0 aliphatic rings. The Morgan fingerprint density at radius 3 is 2.28 bits per heavy atom. The Balaban J connectivity index is 2.47. The highest BCUT2D eigenvalue weighted by molar-refractivity contribution is 5.63. The third kappa shape index (κ3) is 2.42. The van der Waals surface area contributed by atoms with Crippen LogP contribution in [0.5, 0.6) is 0 Å². The SMILES string of the molecule is Cc1cc(C)cc(N(C)c2nc(N)ncc2C)c1. The lowest BCUT2D eigenvalue weighted by Crippen LogP contribution is -2.14. The first kappa shape index (κ1) is 12.4. The summed E-state index contributed by atoms with van der Waals surface area (Å²) in [6.07, 6.45) is 1.75. The molecule has 0 saturated carbocycles. The molecule has 0 bridgehead atoms. The summed E-state index contributed by atoms with van der Waals surface area (Å²) in [6, 6.07) is 6.41. The van der Waals surface area contributed by atoms with Gasteiger partial charge in [0.1, 0.15) is 5.82 Å². The summed E-state index contributed by atoms with van der Waals surface area (Å²) >= 11 is 0. The fraction of sp³-hybridized carbons (Fsp3) is 0.286. The number of aromatic nitrogens is 2. The van der Waals surface area contributed by atoms with Gasteiger partial charge in [0, 0.05) is 24.5 Å². The Bertz CT molecular complexity index is 558. The van der Waals surface area contributed by atoms with Crippen LogP contribution < -0.4 is 10.6 Å². The van der Waals surface area contributed by atoms with Crippen molar-refractivity contribution in [2.45, 2.75) is 20.8 Å². The average molecular weight is 242 g/mol. The molecule has 0 atom stereocenters. The van der Waals surface area contributed by atoms with Crippen LogP contribution in [-0.2, 0) is 0 Å². The van der Waals surface area contributed by atoms with Crippen molar-refractivity contribution in [1.29, 1.82) is 0 Å². The molecule has 0 radical (unpaired) electrons. The average Bonchev–Trinajstić information content (AvgIpc) is 2.30. The Labute approximate surface area is 107 Å². The molecule has 18 heavy (non-hydrogen) atoms. The van der Waals surface area contributed by atoms with Crippen LogP contribution in [0.1, 0.15) is 16.7 Å². The minimum Gasteiger partial charge on any atom is -0.368 e. The maximum absolute atomic E-state index is 5.65. The van der Waals surface area contributed by atoms with E-state index in [-0.39, 0.29) is 0 Å². The topological polar surface area (TPSA) is 55.0 Å². The van der Waals surface area contributed by atoms with Crippen molar-refractivity contribution in [1.82, 2.24) is 9.97 Å². The van der Waals surface area contributed by atoms with Crippen molar-refractivity contribution in [3.8, 4) is 0 Å². The molecule has 0 unspecified atom stereocenters. The van der Waals surface area contributed by atoms with Gasteiger partial charge in [-0.05, 0) is 44.0 Å². The second-order valence-electron chi connectivity index (χ2n) is 4.64. The van der Waals surface area contributed by atoms with E-state index in [4.69, 9.17) is 5.73 Å².